The van der Waals surface area contributed by atoms with E-state index in [1.807, 2.05) is 43.3 Å². The van der Waals surface area contributed by atoms with E-state index in [9.17, 15) is 13.2 Å². The summed E-state index contributed by atoms with van der Waals surface area (Å²) in [4.78, 5) is 0. The number of rotatable bonds is 7. The molecule has 5 heteroatoms. The topological polar surface area (TPSA) is 18.5 Å². The van der Waals surface area contributed by atoms with Crippen molar-refractivity contribution >= 4 is 0 Å². The van der Waals surface area contributed by atoms with E-state index in [1.54, 1.807) is 12.1 Å². The van der Waals surface area contributed by atoms with E-state index in [2.05, 4.69) is 12.2 Å². The molecular weight excluding hydrogens is 425 g/mol. The first-order chi connectivity index (χ1) is 16.1. The van der Waals surface area contributed by atoms with Crippen LogP contribution in [0.2, 0.25) is 0 Å². The number of hydrogen-bond donors (Lipinski definition) is 0. The summed E-state index contributed by atoms with van der Waals surface area (Å²) in [5.41, 5.74) is 3.45. The quantitative estimate of drug-likeness (QED) is 0.341. The first-order valence-corrected chi connectivity index (χ1v) is 11.2. The van der Waals surface area contributed by atoms with Crippen molar-refractivity contribution in [3.8, 4) is 22.3 Å². The monoisotopic (exact) mass is 452 g/mol. The Labute approximate surface area is 192 Å². The van der Waals surface area contributed by atoms with Gasteiger partial charge in [-0.3, -0.25) is 0 Å². The van der Waals surface area contributed by atoms with E-state index in [1.165, 1.54) is 0 Å². The van der Waals surface area contributed by atoms with E-state index >= 15 is 0 Å². The molecule has 0 atom stereocenters. The van der Waals surface area contributed by atoms with E-state index in [0.29, 0.717) is 30.3 Å². The Morgan fingerprint density at radius 1 is 0.818 bits per heavy atom. The van der Waals surface area contributed by atoms with Crippen LogP contribution in [0.5, 0.6) is 0 Å². The summed E-state index contributed by atoms with van der Waals surface area (Å²) in [6, 6.07) is 17.7. The van der Waals surface area contributed by atoms with Crippen molar-refractivity contribution in [2.75, 3.05) is 13.2 Å². The molecule has 0 spiro atoms. The first kappa shape index (κ1) is 23.3. The number of ether oxygens (including phenoxy) is 2. The number of hydrogen-bond acceptors (Lipinski definition) is 2. The van der Waals surface area contributed by atoms with E-state index < -0.39 is 23.9 Å². The van der Waals surface area contributed by atoms with Crippen molar-refractivity contribution in [1.29, 1.82) is 0 Å². The summed E-state index contributed by atoms with van der Waals surface area (Å²) in [6.07, 6.45) is 5.98. The van der Waals surface area contributed by atoms with Crippen LogP contribution in [0.25, 0.3) is 22.3 Å². The van der Waals surface area contributed by atoms with Gasteiger partial charge in [-0.2, -0.15) is 0 Å². The Morgan fingerprint density at radius 3 is 1.85 bits per heavy atom. The molecule has 2 nitrogen and oxygen atoms in total. The number of allylic oxidation sites excluding steroid dienone is 2. The van der Waals surface area contributed by atoms with Gasteiger partial charge in [-0.1, -0.05) is 60.7 Å². The van der Waals surface area contributed by atoms with Gasteiger partial charge in [0.15, 0.2) is 6.29 Å². The molecule has 3 aromatic carbocycles. The highest BCUT2D eigenvalue weighted by Crippen LogP contribution is 2.31. The third-order valence-electron chi connectivity index (χ3n) is 5.95. The van der Waals surface area contributed by atoms with E-state index in [4.69, 9.17) is 9.47 Å². The standard InChI is InChI=1S/C28H27F3O2/c1-2-3-4-5-19-17-32-28(33-18-19)23-12-10-21(11-13-23)20-6-8-22(9-7-20)24-14-26(30)25(16-29)27(31)15-24/h2-3,6-15,19,28H,4-5,16-18H2,1H3/b3-2+. The summed E-state index contributed by atoms with van der Waals surface area (Å²) in [5, 5.41) is 0. The van der Waals surface area contributed by atoms with E-state index in [0.717, 1.165) is 41.7 Å². The fraction of sp³-hybridized carbons (Fsp3) is 0.286. The summed E-state index contributed by atoms with van der Waals surface area (Å²) < 4.78 is 52.4. The second kappa shape index (κ2) is 10.8. The van der Waals surface area contributed by atoms with Crippen LogP contribution in [-0.4, -0.2) is 13.2 Å². The largest absolute Gasteiger partial charge is 0.348 e. The summed E-state index contributed by atoms with van der Waals surface area (Å²) in [6.45, 7) is 2.25. The predicted molar refractivity (Wildman–Crippen MR) is 124 cm³/mol. The zero-order chi connectivity index (χ0) is 23.2. The molecule has 0 bridgehead atoms. The molecule has 0 radical (unpaired) electrons. The SMILES string of the molecule is C/C=C/CCC1COC(c2ccc(-c3ccc(-c4cc(F)c(CF)c(F)c4)cc3)cc2)OC1. The molecule has 4 rings (SSSR count). The minimum absolute atomic E-state index is 0.350. The van der Waals surface area contributed by atoms with Crippen LogP contribution >= 0.6 is 0 Å². The van der Waals surface area contributed by atoms with Gasteiger partial charge in [0.05, 0.1) is 18.8 Å². The second-order valence-corrected chi connectivity index (χ2v) is 8.26. The van der Waals surface area contributed by atoms with Crippen LogP contribution in [0.3, 0.4) is 0 Å². The van der Waals surface area contributed by atoms with Crippen molar-refractivity contribution in [2.45, 2.75) is 32.7 Å². The second-order valence-electron chi connectivity index (χ2n) is 8.26. The van der Waals surface area contributed by atoms with Crippen LogP contribution in [0.4, 0.5) is 13.2 Å². The van der Waals surface area contributed by atoms with Gasteiger partial charge in [0, 0.05) is 11.5 Å². The van der Waals surface area contributed by atoms with Crippen LogP contribution in [0, 0.1) is 17.6 Å². The van der Waals surface area contributed by atoms with E-state index in [-0.39, 0.29) is 6.29 Å². The summed E-state index contributed by atoms with van der Waals surface area (Å²) in [5.74, 6) is -1.32. The van der Waals surface area contributed by atoms with Crippen LogP contribution in [0.15, 0.2) is 72.8 Å². The minimum atomic E-state index is -1.17. The normalized spacial score (nSPS) is 18.7. The number of benzene rings is 3. The third-order valence-corrected chi connectivity index (χ3v) is 5.95. The molecule has 1 heterocycles. The predicted octanol–water partition coefficient (Wildman–Crippen LogP) is 7.79. The Kier molecular flexibility index (Phi) is 7.63. The molecule has 1 aliphatic rings. The Morgan fingerprint density at radius 2 is 1.33 bits per heavy atom. The van der Waals surface area contributed by atoms with Gasteiger partial charge in [-0.15, -0.1) is 0 Å². The van der Waals surface area contributed by atoms with Crippen LogP contribution < -0.4 is 0 Å². The lowest BCUT2D eigenvalue weighted by molar-refractivity contribution is -0.205. The number of halogens is 3. The molecule has 0 amide bonds. The lowest BCUT2D eigenvalue weighted by atomic mass is 9.98. The van der Waals surface area contributed by atoms with Crippen molar-refractivity contribution in [3.63, 3.8) is 0 Å². The van der Waals surface area contributed by atoms with Gasteiger partial charge in [0.1, 0.15) is 18.3 Å². The molecule has 0 N–H and O–H groups in total. The molecule has 0 unspecified atom stereocenters. The van der Waals surface area contributed by atoms with Crippen LogP contribution in [0.1, 0.15) is 37.2 Å². The zero-order valence-corrected chi connectivity index (χ0v) is 18.6. The van der Waals surface area contributed by atoms with Gasteiger partial charge in [0.2, 0.25) is 0 Å². The van der Waals surface area contributed by atoms with Crippen molar-refractivity contribution in [2.24, 2.45) is 5.92 Å². The Bertz CT molecular complexity index is 1060. The Hall–Kier alpha value is -2.89. The summed E-state index contributed by atoms with van der Waals surface area (Å²) in [7, 11) is 0. The molecule has 1 aliphatic heterocycles. The van der Waals surface area contributed by atoms with Crippen molar-refractivity contribution in [1.82, 2.24) is 0 Å². The molecule has 0 aromatic heterocycles. The highest BCUT2D eigenvalue weighted by Gasteiger charge is 2.23. The Balaban J connectivity index is 1.41. The molecule has 1 saturated heterocycles. The molecule has 0 saturated carbocycles. The van der Waals surface area contributed by atoms with Crippen LogP contribution in [-0.2, 0) is 16.1 Å². The minimum Gasteiger partial charge on any atom is -0.348 e. The van der Waals surface area contributed by atoms with Gasteiger partial charge in [-0.05, 0) is 54.2 Å². The van der Waals surface area contributed by atoms with Gasteiger partial charge < -0.3 is 9.47 Å². The maximum atomic E-state index is 13.9. The number of alkyl halides is 1. The smallest absolute Gasteiger partial charge is 0.183 e. The third kappa shape index (κ3) is 5.55. The lowest BCUT2D eigenvalue weighted by Gasteiger charge is -2.29. The lowest BCUT2D eigenvalue weighted by Crippen LogP contribution is -2.27. The van der Waals surface area contributed by atoms with Gasteiger partial charge in [0.25, 0.3) is 0 Å². The van der Waals surface area contributed by atoms with Gasteiger partial charge in [-0.25, -0.2) is 13.2 Å². The molecule has 0 aliphatic carbocycles. The average molecular weight is 453 g/mol. The maximum Gasteiger partial charge on any atom is 0.183 e. The molecule has 3 aromatic rings. The summed E-state index contributed by atoms with van der Waals surface area (Å²) >= 11 is 0. The zero-order valence-electron chi connectivity index (χ0n) is 18.6. The fourth-order valence-electron chi connectivity index (χ4n) is 3.99. The van der Waals surface area contributed by atoms with Crippen molar-refractivity contribution in [3.05, 3.63) is 95.6 Å². The van der Waals surface area contributed by atoms with Crippen molar-refractivity contribution < 1.29 is 22.6 Å². The average Bonchev–Trinajstić information content (AvgIpc) is 2.85. The molecule has 172 valence electrons. The fourth-order valence-corrected chi connectivity index (χ4v) is 3.99. The first-order valence-electron chi connectivity index (χ1n) is 11.2. The highest BCUT2D eigenvalue weighted by molar-refractivity contribution is 5.70. The maximum absolute atomic E-state index is 13.9. The molecule has 33 heavy (non-hydrogen) atoms. The van der Waals surface area contributed by atoms with Gasteiger partial charge >= 0.3 is 0 Å². The molecular formula is C28H27F3O2. The molecule has 1 fully saturated rings. The highest BCUT2D eigenvalue weighted by atomic mass is 19.1.